The Balaban J connectivity index is 1.65. The van der Waals surface area contributed by atoms with E-state index < -0.39 is 0 Å². The molecule has 1 aromatic heterocycles. The van der Waals surface area contributed by atoms with Crippen molar-refractivity contribution in [2.24, 2.45) is 5.92 Å². The zero-order valence-electron chi connectivity index (χ0n) is 11.1. The lowest BCUT2D eigenvalue weighted by atomic mass is 9.98. The molecule has 1 atom stereocenters. The van der Waals surface area contributed by atoms with Crippen molar-refractivity contribution in [3.05, 3.63) is 18.0 Å². The normalized spacial score (nSPS) is 29.6. The number of carbonyl (C=O) groups is 1. The average molecular weight is 260 g/mol. The van der Waals surface area contributed by atoms with Crippen LogP contribution in [0.3, 0.4) is 0 Å². The molecule has 5 nitrogen and oxygen atoms in total. The first-order valence-electron chi connectivity index (χ1n) is 7.37. The molecule has 3 aliphatic rings. The molecule has 4 rings (SSSR count). The van der Waals surface area contributed by atoms with E-state index in [9.17, 15) is 4.79 Å². The number of rotatable bonds is 3. The number of nitrogens with zero attached hydrogens (tertiary/aromatic N) is 2. The smallest absolute Gasteiger partial charge is 0.244 e. The second-order valence-corrected chi connectivity index (χ2v) is 6.25. The molecule has 2 aliphatic carbocycles. The lowest BCUT2D eigenvalue weighted by Gasteiger charge is -2.23. The van der Waals surface area contributed by atoms with Crippen LogP contribution in [-0.2, 0) is 4.79 Å². The van der Waals surface area contributed by atoms with Crippen molar-refractivity contribution < 1.29 is 4.79 Å². The number of amides is 1. The van der Waals surface area contributed by atoms with Crippen LogP contribution in [0.4, 0.5) is 0 Å². The number of aromatic nitrogens is 2. The molecule has 0 bridgehead atoms. The minimum absolute atomic E-state index is 0.00583. The molecule has 3 fully saturated rings. The topological polar surface area (TPSA) is 61.0 Å². The number of H-pyrrole nitrogens is 1. The van der Waals surface area contributed by atoms with Crippen LogP contribution in [0.1, 0.15) is 50.4 Å². The van der Waals surface area contributed by atoms with Crippen LogP contribution >= 0.6 is 0 Å². The molecule has 0 aromatic carbocycles. The fourth-order valence-corrected chi connectivity index (χ4v) is 3.56. The Morgan fingerprint density at radius 2 is 2.16 bits per heavy atom. The maximum Gasteiger partial charge on any atom is 0.244 e. The van der Waals surface area contributed by atoms with E-state index in [0.29, 0.717) is 11.8 Å². The van der Waals surface area contributed by atoms with Gasteiger partial charge < -0.3 is 4.90 Å². The van der Waals surface area contributed by atoms with E-state index in [1.54, 1.807) is 6.20 Å². The van der Waals surface area contributed by atoms with Gasteiger partial charge in [-0.3, -0.25) is 15.2 Å². The molecule has 1 aliphatic heterocycles. The van der Waals surface area contributed by atoms with Gasteiger partial charge in [-0.25, -0.2) is 0 Å². The van der Waals surface area contributed by atoms with E-state index in [-0.39, 0.29) is 11.7 Å². The average Bonchev–Trinajstić information content (AvgIpc) is 2.84. The fourth-order valence-electron chi connectivity index (χ4n) is 3.56. The molecule has 102 valence electrons. The molecule has 1 unspecified atom stereocenters. The molecule has 1 amide bonds. The Bertz CT molecular complexity index is 474. The third-order valence-electron chi connectivity index (χ3n) is 4.82. The Morgan fingerprint density at radius 3 is 2.79 bits per heavy atom. The van der Waals surface area contributed by atoms with E-state index in [1.807, 2.05) is 6.07 Å². The monoisotopic (exact) mass is 260 g/mol. The molecule has 19 heavy (non-hydrogen) atoms. The molecule has 1 spiro atoms. The summed E-state index contributed by atoms with van der Waals surface area (Å²) in [6.45, 7) is 0.900. The highest BCUT2D eigenvalue weighted by atomic mass is 16.2. The van der Waals surface area contributed by atoms with Crippen LogP contribution in [0.5, 0.6) is 0 Å². The van der Waals surface area contributed by atoms with Crippen molar-refractivity contribution in [2.45, 2.75) is 50.2 Å². The summed E-state index contributed by atoms with van der Waals surface area (Å²) in [5.41, 5.74) is 0.725. The summed E-state index contributed by atoms with van der Waals surface area (Å²) in [6, 6.07) is 1.97. The number of hydrogen-bond donors (Lipinski definition) is 2. The van der Waals surface area contributed by atoms with Gasteiger partial charge in [0.05, 0.1) is 11.2 Å². The predicted octanol–water partition coefficient (Wildman–Crippen LogP) is 1.56. The van der Waals surface area contributed by atoms with Gasteiger partial charge in [0.1, 0.15) is 6.17 Å². The van der Waals surface area contributed by atoms with Crippen LogP contribution in [0.25, 0.3) is 0 Å². The maximum atomic E-state index is 12.8. The van der Waals surface area contributed by atoms with Gasteiger partial charge in [-0.2, -0.15) is 5.10 Å². The standard InChI is InChI=1S/C14H20N4O/c19-13-14(6-1-2-7-14)16-12(11-5-8-15-17-11)18(13)9-10-3-4-10/h5,8,10,12,16H,1-4,6-7,9H2,(H,15,17). The minimum Gasteiger partial charge on any atom is -0.320 e. The highest BCUT2D eigenvalue weighted by molar-refractivity contribution is 5.89. The van der Waals surface area contributed by atoms with Crippen molar-refractivity contribution >= 4 is 5.91 Å². The lowest BCUT2D eigenvalue weighted by molar-refractivity contribution is -0.133. The number of nitrogens with one attached hydrogen (secondary N) is 2. The summed E-state index contributed by atoms with van der Waals surface area (Å²) in [5, 5.41) is 10.7. The molecule has 2 heterocycles. The summed E-state index contributed by atoms with van der Waals surface area (Å²) in [4.78, 5) is 14.9. The molecular weight excluding hydrogens is 240 g/mol. The Kier molecular flexibility index (Phi) is 2.45. The largest absolute Gasteiger partial charge is 0.320 e. The van der Waals surface area contributed by atoms with Gasteiger partial charge in [0.2, 0.25) is 5.91 Å². The zero-order valence-corrected chi connectivity index (χ0v) is 11.1. The zero-order chi connectivity index (χ0) is 12.9. The number of hydrogen-bond acceptors (Lipinski definition) is 3. The molecule has 1 aromatic rings. The molecule has 5 heteroatoms. The minimum atomic E-state index is -0.287. The van der Waals surface area contributed by atoms with Gasteiger partial charge in [0.25, 0.3) is 0 Å². The van der Waals surface area contributed by atoms with Crippen LogP contribution in [0.15, 0.2) is 12.3 Å². The second-order valence-electron chi connectivity index (χ2n) is 6.25. The van der Waals surface area contributed by atoms with Crippen LogP contribution in [0, 0.1) is 5.92 Å². The first-order valence-corrected chi connectivity index (χ1v) is 7.37. The van der Waals surface area contributed by atoms with E-state index in [0.717, 1.165) is 37.9 Å². The summed E-state index contributed by atoms with van der Waals surface area (Å²) in [7, 11) is 0. The van der Waals surface area contributed by atoms with Gasteiger partial charge in [-0.15, -0.1) is 0 Å². The van der Waals surface area contributed by atoms with Gasteiger partial charge in [-0.05, 0) is 37.7 Å². The Labute approximate surface area is 112 Å². The fraction of sp³-hybridized carbons (Fsp3) is 0.714. The summed E-state index contributed by atoms with van der Waals surface area (Å²) >= 11 is 0. The van der Waals surface area contributed by atoms with Crippen molar-refractivity contribution in [1.82, 2.24) is 20.4 Å². The molecule has 0 radical (unpaired) electrons. The first kappa shape index (κ1) is 11.5. The van der Waals surface area contributed by atoms with Gasteiger partial charge >= 0.3 is 0 Å². The molecule has 1 saturated heterocycles. The van der Waals surface area contributed by atoms with Crippen molar-refractivity contribution in [3.8, 4) is 0 Å². The summed E-state index contributed by atoms with van der Waals surface area (Å²) in [6.07, 6.45) is 8.58. The Morgan fingerprint density at radius 1 is 1.37 bits per heavy atom. The highest BCUT2D eigenvalue weighted by Crippen LogP contribution is 2.42. The van der Waals surface area contributed by atoms with Gasteiger partial charge in [0, 0.05) is 12.7 Å². The van der Waals surface area contributed by atoms with Crippen molar-refractivity contribution in [3.63, 3.8) is 0 Å². The predicted molar refractivity (Wildman–Crippen MR) is 70.1 cm³/mol. The molecule has 2 saturated carbocycles. The number of aromatic amines is 1. The van der Waals surface area contributed by atoms with Gasteiger partial charge in [-0.1, -0.05) is 12.8 Å². The highest BCUT2D eigenvalue weighted by Gasteiger charge is 2.53. The summed E-state index contributed by atoms with van der Waals surface area (Å²) < 4.78 is 0. The molecule has 2 N–H and O–H groups in total. The summed E-state index contributed by atoms with van der Waals surface area (Å²) in [5.74, 6) is 1.03. The van der Waals surface area contributed by atoms with Crippen molar-refractivity contribution in [1.29, 1.82) is 0 Å². The van der Waals surface area contributed by atoms with Crippen LogP contribution < -0.4 is 5.32 Å². The van der Waals surface area contributed by atoms with Crippen molar-refractivity contribution in [2.75, 3.05) is 6.54 Å². The second kappa shape index (κ2) is 4.07. The Hall–Kier alpha value is -1.36. The van der Waals surface area contributed by atoms with E-state index in [4.69, 9.17) is 0 Å². The van der Waals surface area contributed by atoms with Crippen LogP contribution in [-0.4, -0.2) is 33.1 Å². The third-order valence-corrected chi connectivity index (χ3v) is 4.82. The number of carbonyl (C=O) groups excluding carboxylic acids is 1. The van der Waals surface area contributed by atoms with Crippen LogP contribution in [0.2, 0.25) is 0 Å². The van der Waals surface area contributed by atoms with E-state index in [2.05, 4.69) is 20.4 Å². The maximum absolute atomic E-state index is 12.8. The van der Waals surface area contributed by atoms with E-state index in [1.165, 1.54) is 12.8 Å². The van der Waals surface area contributed by atoms with E-state index >= 15 is 0 Å². The first-order chi connectivity index (χ1) is 9.28. The molecular formula is C14H20N4O. The lowest BCUT2D eigenvalue weighted by Crippen LogP contribution is -2.44. The quantitative estimate of drug-likeness (QED) is 0.867. The van der Waals surface area contributed by atoms with Gasteiger partial charge in [0.15, 0.2) is 0 Å². The third kappa shape index (κ3) is 1.79. The SMILES string of the molecule is O=C1N(CC2CC2)C(c2ccn[nH]2)NC12CCCC2.